The first-order valence-corrected chi connectivity index (χ1v) is 7.10. The number of nitrogens with zero attached hydrogens (tertiary/aromatic N) is 1. The van der Waals surface area contributed by atoms with E-state index in [0.717, 1.165) is 31.7 Å². The van der Waals surface area contributed by atoms with Crippen molar-refractivity contribution in [2.75, 3.05) is 18.5 Å². The molecule has 0 unspecified atom stereocenters. The predicted octanol–water partition coefficient (Wildman–Crippen LogP) is 2.40. The van der Waals surface area contributed by atoms with Crippen molar-refractivity contribution in [2.45, 2.75) is 37.5 Å². The third-order valence-electron chi connectivity index (χ3n) is 4.10. The van der Waals surface area contributed by atoms with Crippen LogP contribution in [0, 0.1) is 10.1 Å². The van der Waals surface area contributed by atoms with Crippen LogP contribution in [0.5, 0.6) is 5.75 Å². The molecule has 21 heavy (non-hydrogen) atoms. The summed E-state index contributed by atoms with van der Waals surface area (Å²) in [5.74, 6) is -0.540. The second-order valence-electron chi connectivity index (χ2n) is 5.48. The van der Waals surface area contributed by atoms with E-state index in [1.54, 1.807) is 6.07 Å². The van der Waals surface area contributed by atoms with Crippen molar-refractivity contribution in [1.82, 2.24) is 0 Å². The first-order valence-electron chi connectivity index (χ1n) is 7.10. The zero-order valence-electron chi connectivity index (χ0n) is 11.6. The molecule has 7 nitrogen and oxygen atoms in total. The minimum Gasteiger partial charge on any atom is -0.508 e. The highest BCUT2D eigenvalue weighted by Gasteiger charge is 2.40. The van der Waals surface area contributed by atoms with Crippen molar-refractivity contribution in [3.63, 3.8) is 0 Å². The number of benzene rings is 1. The molecule has 0 amide bonds. The van der Waals surface area contributed by atoms with E-state index in [4.69, 9.17) is 9.47 Å². The second-order valence-corrected chi connectivity index (χ2v) is 5.48. The number of anilines is 1. The molecule has 1 saturated heterocycles. The number of aromatic hydroxyl groups is 1. The van der Waals surface area contributed by atoms with Crippen molar-refractivity contribution in [3.8, 4) is 5.75 Å². The van der Waals surface area contributed by atoms with Gasteiger partial charge in [0.05, 0.1) is 24.2 Å². The van der Waals surface area contributed by atoms with Crippen molar-refractivity contribution in [1.29, 1.82) is 0 Å². The molecule has 0 aromatic heterocycles. The predicted molar refractivity (Wildman–Crippen MR) is 75.3 cm³/mol. The van der Waals surface area contributed by atoms with Gasteiger partial charge in [-0.15, -0.1) is 0 Å². The van der Waals surface area contributed by atoms with Gasteiger partial charge in [0.2, 0.25) is 0 Å². The lowest BCUT2D eigenvalue weighted by Gasteiger charge is -2.35. The maximum atomic E-state index is 11.0. The third kappa shape index (κ3) is 2.93. The van der Waals surface area contributed by atoms with Crippen molar-refractivity contribution < 1.29 is 19.5 Å². The average molecular weight is 294 g/mol. The molecule has 2 fully saturated rings. The third-order valence-corrected chi connectivity index (χ3v) is 4.10. The van der Waals surface area contributed by atoms with Gasteiger partial charge in [0.1, 0.15) is 11.4 Å². The Morgan fingerprint density at radius 3 is 2.57 bits per heavy atom. The van der Waals surface area contributed by atoms with E-state index in [1.165, 1.54) is 6.07 Å². The van der Waals surface area contributed by atoms with Crippen LogP contribution in [0.1, 0.15) is 25.7 Å². The van der Waals surface area contributed by atoms with E-state index in [9.17, 15) is 15.2 Å². The van der Waals surface area contributed by atoms with Crippen LogP contribution >= 0.6 is 0 Å². The molecule has 1 aliphatic heterocycles. The van der Waals surface area contributed by atoms with Gasteiger partial charge >= 0.3 is 0 Å². The maximum Gasteiger partial charge on any atom is 0.296 e. The molecule has 1 heterocycles. The lowest BCUT2D eigenvalue weighted by molar-refractivity contribution is -0.384. The van der Waals surface area contributed by atoms with Crippen molar-refractivity contribution in [2.24, 2.45) is 0 Å². The molecule has 2 aliphatic rings. The molecule has 1 aromatic rings. The van der Waals surface area contributed by atoms with Crippen molar-refractivity contribution >= 4 is 11.4 Å². The Hall–Kier alpha value is -1.86. The Balaban J connectivity index is 1.66. The zero-order chi connectivity index (χ0) is 14.9. The molecule has 1 aliphatic carbocycles. The Morgan fingerprint density at radius 1 is 1.29 bits per heavy atom. The lowest BCUT2D eigenvalue weighted by Crippen LogP contribution is -2.39. The summed E-state index contributed by atoms with van der Waals surface area (Å²) in [6, 6.07) is 4.30. The minimum absolute atomic E-state index is 0.108. The van der Waals surface area contributed by atoms with E-state index in [-0.39, 0.29) is 17.5 Å². The molecule has 3 rings (SSSR count). The molecule has 7 heteroatoms. The van der Waals surface area contributed by atoms with Crippen LogP contribution in [-0.4, -0.2) is 35.1 Å². The highest BCUT2D eigenvalue weighted by atomic mass is 16.7. The molecule has 1 saturated carbocycles. The number of nitro benzene ring substituents is 1. The number of nitro groups is 1. The van der Waals surface area contributed by atoms with Gasteiger partial charge in [0.25, 0.3) is 5.69 Å². The van der Waals surface area contributed by atoms with Gasteiger partial charge in [-0.3, -0.25) is 10.1 Å². The van der Waals surface area contributed by atoms with Crippen LogP contribution in [-0.2, 0) is 9.47 Å². The maximum absolute atomic E-state index is 11.0. The molecule has 2 N–H and O–H groups in total. The highest BCUT2D eigenvalue weighted by molar-refractivity contribution is 5.64. The molecular formula is C14H18N2O5. The Morgan fingerprint density at radius 2 is 1.95 bits per heavy atom. The summed E-state index contributed by atoms with van der Waals surface area (Å²) in [5.41, 5.74) is 0.329. The minimum atomic E-state index is -0.491. The number of nitrogens with one attached hydrogen (secondary N) is 1. The summed E-state index contributed by atoms with van der Waals surface area (Å²) < 4.78 is 11.3. The molecule has 1 spiro atoms. The summed E-state index contributed by atoms with van der Waals surface area (Å²) in [4.78, 5) is 10.5. The fourth-order valence-corrected chi connectivity index (χ4v) is 3.00. The van der Waals surface area contributed by atoms with E-state index in [0.29, 0.717) is 18.9 Å². The summed E-state index contributed by atoms with van der Waals surface area (Å²) in [6.07, 6.45) is 3.24. The molecular weight excluding hydrogens is 276 g/mol. The number of ether oxygens (including phenoxy) is 2. The molecule has 1 aromatic carbocycles. The normalized spacial score (nSPS) is 21.5. The molecule has 0 atom stereocenters. The summed E-state index contributed by atoms with van der Waals surface area (Å²) >= 11 is 0. The smallest absolute Gasteiger partial charge is 0.296 e. The van der Waals surface area contributed by atoms with Gasteiger partial charge in [0, 0.05) is 18.9 Å². The van der Waals surface area contributed by atoms with Gasteiger partial charge < -0.3 is 19.9 Å². The Labute approximate surface area is 122 Å². The summed E-state index contributed by atoms with van der Waals surface area (Å²) in [6.45, 7) is 1.28. The molecule has 0 radical (unpaired) electrons. The number of phenols is 1. The number of phenolic OH excluding ortho intramolecular Hbond substituents is 1. The van der Waals surface area contributed by atoms with Gasteiger partial charge in [-0.25, -0.2) is 0 Å². The van der Waals surface area contributed by atoms with Crippen LogP contribution in [0.25, 0.3) is 0 Å². The summed E-state index contributed by atoms with van der Waals surface area (Å²) in [5, 5.41) is 23.6. The van der Waals surface area contributed by atoms with Crippen LogP contribution in [0.2, 0.25) is 0 Å². The van der Waals surface area contributed by atoms with Crippen LogP contribution in [0.15, 0.2) is 18.2 Å². The SMILES string of the molecule is O=[N+]([O-])c1cc(O)ccc1NC1CCC2(CC1)OCCO2. The van der Waals surface area contributed by atoms with Gasteiger partial charge in [-0.2, -0.15) is 0 Å². The zero-order valence-corrected chi connectivity index (χ0v) is 11.6. The van der Waals surface area contributed by atoms with Gasteiger partial charge in [-0.05, 0) is 25.0 Å². The second kappa shape index (κ2) is 5.50. The number of hydrogen-bond donors (Lipinski definition) is 2. The van der Waals surface area contributed by atoms with E-state index in [1.807, 2.05) is 0 Å². The number of hydrogen-bond acceptors (Lipinski definition) is 6. The van der Waals surface area contributed by atoms with E-state index < -0.39 is 10.7 Å². The van der Waals surface area contributed by atoms with Gasteiger partial charge in [-0.1, -0.05) is 0 Å². The molecule has 114 valence electrons. The Bertz CT molecular complexity index is 532. The standard InChI is InChI=1S/C14H18N2O5/c17-11-1-2-12(13(9-11)16(18)19)15-10-3-5-14(6-4-10)20-7-8-21-14/h1-2,9-10,15,17H,3-8H2. The lowest BCUT2D eigenvalue weighted by atomic mass is 9.90. The largest absolute Gasteiger partial charge is 0.508 e. The van der Waals surface area contributed by atoms with Crippen LogP contribution in [0.3, 0.4) is 0 Å². The first-order chi connectivity index (χ1) is 10.1. The monoisotopic (exact) mass is 294 g/mol. The summed E-state index contributed by atoms with van der Waals surface area (Å²) in [7, 11) is 0. The highest BCUT2D eigenvalue weighted by Crippen LogP contribution is 2.38. The fraction of sp³-hybridized carbons (Fsp3) is 0.571. The van der Waals surface area contributed by atoms with E-state index >= 15 is 0 Å². The average Bonchev–Trinajstić information content (AvgIpc) is 2.92. The van der Waals surface area contributed by atoms with Crippen LogP contribution in [0.4, 0.5) is 11.4 Å². The Kier molecular flexibility index (Phi) is 3.69. The fourth-order valence-electron chi connectivity index (χ4n) is 3.00. The van der Waals surface area contributed by atoms with Crippen LogP contribution < -0.4 is 5.32 Å². The first kappa shape index (κ1) is 14.1. The number of rotatable bonds is 3. The molecule has 0 bridgehead atoms. The van der Waals surface area contributed by atoms with Gasteiger partial charge in [0.15, 0.2) is 5.79 Å². The van der Waals surface area contributed by atoms with E-state index in [2.05, 4.69) is 5.32 Å². The quantitative estimate of drug-likeness (QED) is 0.505. The van der Waals surface area contributed by atoms with Crippen molar-refractivity contribution in [3.05, 3.63) is 28.3 Å². The topological polar surface area (TPSA) is 93.9 Å².